The maximum absolute atomic E-state index is 12.9. The van der Waals surface area contributed by atoms with E-state index in [-0.39, 0.29) is 5.91 Å². The first-order valence-electron chi connectivity index (χ1n) is 12.7. The van der Waals surface area contributed by atoms with Gasteiger partial charge in [-0.15, -0.1) is 0 Å². The maximum Gasteiger partial charge on any atom is 0.255 e. The van der Waals surface area contributed by atoms with E-state index in [1.165, 1.54) is 12.0 Å². The quantitative estimate of drug-likeness (QED) is 0.404. The topological polar surface area (TPSA) is 53.4 Å². The zero-order chi connectivity index (χ0) is 25.9. The molecule has 6 heteroatoms. The van der Waals surface area contributed by atoms with Crippen molar-refractivity contribution in [2.45, 2.75) is 32.9 Å². The maximum atomic E-state index is 12.9. The lowest BCUT2D eigenvalue weighted by molar-refractivity contribution is 0.102. The molecule has 37 heavy (non-hydrogen) atoms. The average molecular weight is 492 g/mol. The number of hydrogen-bond acceptors (Lipinski definition) is 4. The minimum absolute atomic E-state index is 0.149. The van der Waals surface area contributed by atoms with E-state index >= 15 is 0 Å². The second-order valence-corrected chi connectivity index (χ2v) is 10.1. The largest absolute Gasteiger partial charge is 0.322 e. The molecular weight excluding hydrogens is 458 g/mol. The molecule has 1 N–H and O–H groups in total. The number of carbonyl (C=O) groups is 1. The van der Waals surface area contributed by atoms with Gasteiger partial charge in [0.25, 0.3) is 5.91 Å². The fourth-order valence-electron chi connectivity index (χ4n) is 4.90. The number of hydrogen-bond donors (Lipinski definition) is 1. The van der Waals surface area contributed by atoms with Gasteiger partial charge in [0, 0.05) is 48.5 Å². The second-order valence-electron chi connectivity index (χ2n) is 10.1. The van der Waals surface area contributed by atoms with E-state index in [1.807, 2.05) is 41.0 Å². The number of imidazole rings is 1. The molecule has 6 nitrogen and oxygen atoms in total. The monoisotopic (exact) mass is 491 g/mol. The summed E-state index contributed by atoms with van der Waals surface area (Å²) in [5.41, 5.74) is 7.63. The van der Waals surface area contributed by atoms with Crippen LogP contribution in [0.2, 0.25) is 0 Å². The summed E-state index contributed by atoms with van der Waals surface area (Å²) in [5, 5.41) is 3.01. The summed E-state index contributed by atoms with van der Waals surface area (Å²) >= 11 is 0. The number of amides is 1. The molecule has 4 aromatic rings. The highest BCUT2D eigenvalue weighted by molar-refractivity contribution is 6.04. The standard InChI is InChI=1S/C31H33N5O/c1-22-8-9-23(2)30-29(22)32-21-36(30)17-14-24-6-5-7-26(18-24)31(37)33-27-12-10-25(11-13-27)19-35-16-15-28(20-35)34(3)4/h5-13,18,21,28H,15-16,19-20H2,1-4H3,(H,33,37)/t28-/m1/s1. The van der Waals surface area contributed by atoms with Crippen molar-refractivity contribution in [1.29, 1.82) is 0 Å². The molecule has 188 valence electrons. The zero-order valence-corrected chi connectivity index (χ0v) is 22.0. The lowest BCUT2D eigenvalue weighted by atomic mass is 10.1. The van der Waals surface area contributed by atoms with Crippen LogP contribution in [0.5, 0.6) is 0 Å². The number of fused-ring (bicyclic) bond motifs is 1. The number of aryl methyl sites for hydroxylation is 2. The first kappa shape index (κ1) is 24.8. The van der Waals surface area contributed by atoms with Gasteiger partial charge in [0.1, 0.15) is 6.33 Å². The number of nitrogens with zero attached hydrogens (tertiary/aromatic N) is 4. The fourth-order valence-corrected chi connectivity index (χ4v) is 4.90. The van der Waals surface area contributed by atoms with Crippen molar-refractivity contribution in [2.24, 2.45) is 0 Å². The Labute approximate surface area is 218 Å². The molecule has 1 aliphatic heterocycles. The molecule has 5 rings (SSSR count). The van der Waals surface area contributed by atoms with Gasteiger partial charge in [0.05, 0.1) is 11.0 Å². The zero-order valence-electron chi connectivity index (χ0n) is 22.0. The lowest BCUT2D eigenvalue weighted by Crippen LogP contribution is -2.31. The van der Waals surface area contributed by atoms with Crippen LogP contribution in [-0.2, 0) is 6.54 Å². The van der Waals surface area contributed by atoms with Gasteiger partial charge >= 0.3 is 0 Å². The van der Waals surface area contributed by atoms with E-state index in [1.54, 1.807) is 6.33 Å². The molecular formula is C31H33N5O. The summed E-state index contributed by atoms with van der Waals surface area (Å²) in [6.07, 6.45) is 2.96. The number of carbonyl (C=O) groups excluding carboxylic acids is 1. The number of rotatable bonds is 5. The highest BCUT2D eigenvalue weighted by Gasteiger charge is 2.23. The van der Waals surface area contributed by atoms with Gasteiger partial charge in [0.2, 0.25) is 0 Å². The van der Waals surface area contributed by atoms with Crippen molar-refractivity contribution in [3.8, 4) is 12.0 Å². The first-order valence-corrected chi connectivity index (χ1v) is 12.7. The smallest absolute Gasteiger partial charge is 0.255 e. The Balaban J connectivity index is 1.24. The molecule has 0 saturated carbocycles. The molecule has 0 spiro atoms. The third-order valence-electron chi connectivity index (χ3n) is 7.14. The van der Waals surface area contributed by atoms with Gasteiger partial charge in [-0.25, -0.2) is 4.98 Å². The Morgan fingerprint density at radius 1 is 1.08 bits per heavy atom. The third-order valence-corrected chi connectivity index (χ3v) is 7.14. The molecule has 1 aromatic heterocycles. The van der Waals surface area contributed by atoms with Crippen LogP contribution in [0, 0.1) is 25.8 Å². The van der Waals surface area contributed by atoms with Crippen molar-refractivity contribution in [1.82, 2.24) is 19.4 Å². The van der Waals surface area contributed by atoms with E-state index in [9.17, 15) is 4.79 Å². The van der Waals surface area contributed by atoms with E-state index in [0.29, 0.717) is 11.6 Å². The van der Waals surface area contributed by atoms with Gasteiger partial charge in [-0.2, -0.15) is 0 Å². The summed E-state index contributed by atoms with van der Waals surface area (Å²) in [7, 11) is 4.30. The fraction of sp³-hybridized carbons (Fsp3) is 0.290. The Bertz CT molecular complexity index is 1490. The minimum Gasteiger partial charge on any atom is -0.322 e. The lowest BCUT2D eigenvalue weighted by Gasteiger charge is -2.20. The Kier molecular flexibility index (Phi) is 7.09. The van der Waals surface area contributed by atoms with Gasteiger partial charge in [-0.1, -0.05) is 30.3 Å². The van der Waals surface area contributed by atoms with Crippen LogP contribution in [0.1, 0.15) is 39.0 Å². The normalized spacial score (nSPS) is 15.6. The van der Waals surface area contributed by atoms with E-state index in [4.69, 9.17) is 0 Å². The Morgan fingerprint density at radius 3 is 2.62 bits per heavy atom. The number of likely N-dealkylation sites (tertiary alicyclic amines) is 1. The summed E-state index contributed by atoms with van der Waals surface area (Å²) in [4.78, 5) is 22.2. The van der Waals surface area contributed by atoms with Crippen LogP contribution in [-0.4, -0.2) is 58.5 Å². The van der Waals surface area contributed by atoms with Gasteiger partial charge in [-0.3, -0.25) is 14.3 Å². The van der Waals surface area contributed by atoms with E-state index in [0.717, 1.165) is 53.0 Å². The van der Waals surface area contributed by atoms with Crippen LogP contribution >= 0.6 is 0 Å². The predicted octanol–water partition coefficient (Wildman–Crippen LogP) is 4.90. The van der Waals surface area contributed by atoms with Gasteiger partial charge in [-0.05, 0) is 87.3 Å². The van der Waals surface area contributed by atoms with Gasteiger partial charge in [0.15, 0.2) is 0 Å². The SMILES string of the molecule is Cc1ccc(C)c2c1ncn2C#Cc1cccc(C(=O)Nc2ccc(CN3CC[C@@H](N(C)C)C3)cc2)c1. The number of anilines is 1. The molecule has 1 atom stereocenters. The molecule has 1 fully saturated rings. The predicted molar refractivity (Wildman–Crippen MR) is 150 cm³/mol. The first-order chi connectivity index (χ1) is 17.9. The van der Waals surface area contributed by atoms with E-state index < -0.39 is 0 Å². The molecule has 2 heterocycles. The molecule has 1 saturated heterocycles. The van der Waals surface area contributed by atoms with Gasteiger partial charge < -0.3 is 10.2 Å². The summed E-state index contributed by atoms with van der Waals surface area (Å²) in [6, 6.07) is 23.5. The van der Waals surface area contributed by atoms with Crippen LogP contribution in [0.25, 0.3) is 11.0 Å². The molecule has 1 amide bonds. The van der Waals surface area contributed by atoms with Crippen LogP contribution in [0.4, 0.5) is 5.69 Å². The average Bonchev–Trinajstić information content (AvgIpc) is 3.55. The summed E-state index contributed by atoms with van der Waals surface area (Å²) < 4.78 is 1.86. The number of benzene rings is 3. The Morgan fingerprint density at radius 2 is 1.86 bits per heavy atom. The van der Waals surface area contributed by atoms with E-state index in [2.05, 4.69) is 84.3 Å². The van der Waals surface area contributed by atoms with Crippen molar-refractivity contribution in [3.63, 3.8) is 0 Å². The number of likely N-dealkylation sites (N-methyl/N-ethyl adjacent to an activating group) is 1. The van der Waals surface area contributed by atoms with Crippen LogP contribution in [0.3, 0.4) is 0 Å². The summed E-state index contributed by atoms with van der Waals surface area (Å²) in [5.74, 6) is 3.03. The molecule has 1 aliphatic rings. The highest BCUT2D eigenvalue weighted by Crippen LogP contribution is 2.21. The Hall–Kier alpha value is -3.92. The second kappa shape index (κ2) is 10.6. The number of aromatic nitrogens is 2. The number of nitrogens with one attached hydrogen (secondary N) is 1. The summed E-state index contributed by atoms with van der Waals surface area (Å²) in [6.45, 7) is 7.27. The molecule has 0 unspecified atom stereocenters. The molecule has 0 bridgehead atoms. The van der Waals surface area contributed by atoms with Crippen LogP contribution in [0.15, 0.2) is 67.0 Å². The molecule has 0 aliphatic carbocycles. The molecule has 0 radical (unpaired) electrons. The van der Waals surface area contributed by atoms with Crippen molar-refractivity contribution < 1.29 is 4.79 Å². The van der Waals surface area contributed by atoms with Crippen molar-refractivity contribution >= 4 is 22.6 Å². The van der Waals surface area contributed by atoms with Crippen molar-refractivity contribution in [3.05, 3.63) is 94.8 Å². The van der Waals surface area contributed by atoms with Crippen LogP contribution < -0.4 is 5.32 Å². The highest BCUT2D eigenvalue weighted by atomic mass is 16.1. The third kappa shape index (κ3) is 5.59. The minimum atomic E-state index is -0.149. The molecule has 3 aromatic carbocycles. The van der Waals surface area contributed by atoms with Crippen molar-refractivity contribution in [2.75, 3.05) is 32.5 Å².